The van der Waals surface area contributed by atoms with Crippen molar-refractivity contribution in [2.24, 2.45) is 0 Å². The molecule has 1 aliphatic heterocycles. The molecule has 2 rings (SSSR count). The molecule has 0 saturated carbocycles. The zero-order valence-electron chi connectivity index (χ0n) is 11.2. The van der Waals surface area contributed by atoms with E-state index in [2.05, 4.69) is 52.7 Å². The molecular formula is C12H8Br3Cl3F2N2O. The third-order valence-corrected chi connectivity index (χ3v) is 5.94. The van der Waals surface area contributed by atoms with Gasteiger partial charge >= 0.3 is 6.61 Å². The highest BCUT2D eigenvalue weighted by molar-refractivity contribution is 9.24. The van der Waals surface area contributed by atoms with Crippen molar-refractivity contribution < 1.29 is 13.5 Å². The van der Waals surface area contributed by atoms with Crippen molar-refractivity contribution in [3.05, 3.63) is 44.2 Å². The highest BCUT2D eigenvalue weighted by Gasteiger charge is 2.40. The van der Waals surface area contributed by atoms with Gasteiger partial charge in [0.2, 0.25) is 5.88 Å². The fourth-order valence-electron chi connectivity index (χ4n) is 2.10. The molecule has 1 atom stereocenters. The van der Waals surface area contributed by atoms with Crippen molar-refractivity contribution in [1.82, 2.24) is 9.04 Å². The lowest BCUT2D eigenvalue weighted by Crippen LogP contribution is -2.29. The predicted molar refractivity (Wildman–Crippen MR) is 98.3 cm³/mol. The first-order chi connectivity index (χ1) is 10.6. The van der Waals surface area contributed by atoms with E-state index in [0.717, 1.165) is 5.56 Å². The maximum Gasteiger partial charge on any atom is 0.388 e. The van der Waals surface area contributed by atoms with Crippen LogP contribution in [0.4, 0.5) is 8.78 Å². The molecule has 1 unspecified atom stereocenters. The van der Waals surface area contributed by atoms with Crippen molar-refractivity contribution in [2.75, 3.05) is 7.05 Å². The Hall–Kier alpha value is 0.690. The Bertz CT molecular complexity index is 648. The summed E-state index contributed by atoms with van der Waals surface area (Å²) in [5, 5.41) is 2.45. The molecular weight excluding hydrogens is 572 g/mol. The van der Waals surface area contributed by atoms with Crippen molar-refractivity contribution in [3.63, 3.8) is 0 Å². The van der Waals surface area contributed by atoms with Gasteiger partial charge in [0, 0.05) is 17.1 Å². The van der Waals surface area contributed by atoms with Crippen molar-refractivity contribution in [1.29, 1.82) is 0 Å². The van der Waals surface area contributed by atoms with Gasteiger partial charge in [-0.05, 0) is 23.3 Å². The van der Waals surface area contributed by atoms with Crippen LogP contribution in [0.1, 0.15) is 20.9 Å². The molecule has 11 heteroatoms. The van der Waals surface area contributed by atoms with Gasteiger partial charge in [0.05, 0.1) is 25.9 Å². The Morgan fingerprint density at radius 3 is 2.30 bits per heavy atom. The Morgan fingerprint density at radius 2 is 1.78 bits per heavy atom. The average Bonchev–Trinajstić information content (AvgIpc) is 2.63. The Balaban J connectivity index is 2.53. The summed E-state index contributed by atoms with van der Waals surface area (Å²) in [5.41, 5.74) is 1.33. The van der Waals surface area contributed by atoms with E-state index in [-0.39, 0.29) is 14.7 Å². The van der Waals surface area contributed by atoms with Gasteiger partial charge in [-0.3, -0.25) is 0 Å². The number of alkyl halides is 4. The van der Waals surface area contributed by atoms with Crippen LogP contribution in [0.25, 0.3) is 0 Å². The molecule has 23 heavy (non-hydrogen) atoms. The Kier molecular flexibility index (Phi) is 6.90. The van der Waals surface area contributed by atoms with Crippen molar-refractivity contribution >= 4 is 82.8 Å². The van der Waals surface area contributed by atoms with E-state index in [4.69, 9.17) is 34.8 Å². The number of hydrogen-bond donors (Lipinski definition) is 0. The van der Waals surface area contributed by atoms with Gasteiger partial charge in [-0.1, -0.05) is 66.7 Å². The Morgan fingerprint density at radius 1 is 1.17 bits per heavy atom. The topological polar surface area (TPSA) is 15.7 Å². The summed E-state index contributed by atoms with van der Waals surface area (Å²) >= 11 is 28.6. The van der Waals surface area contributed by atoms with Crippen LogP contribution in [0.5, 0.6) is 0 Å². The van der Waals surface area contributed by atoms with Gasteiger partial charge in [-0.25, -0.2) is 4.03 Å². The summed E-state index contributed by atoms with van der Waals surface area (Å²) in [6.45, 7) is -3.00. The fourth-order valence-corrected chi connectivity index (χ4v) is 4.66. The van der Waals surface area contributed by atoms with Crippen LogP contribution in [0.3, 0.4) is 0 Å². The van der Waals surface area contributed by atoms with Crippen LogP contribution in [-0.2, 0) is 4.74 Å². The Labute approximate surface area is 172 Å². The molecule has 1 aliphatic rings. The standard InChI is InChI=1S/C12H8Br3Cl3F2N2O/c1-21-9(8(18)11(22(21)15)23-12(19)20)4-2-5(10(13)14)7(17)3-6(4)16/h2-3,9-10,12H,1H3. The first-order valence-electron chi connectivity index (χ1n) is 5.95. The first kappa shape index (κ1) is 20.0. The molecule has 0 fully saturated rings. The fraction of sp³-hybridized carbons (Fsp3) is 0.333. The number of benzene rings is 1. The zero-order chi connectivity index (χ0) is 17.5. The summed E-state index contributed by atoms with van der Waals surface area (Å²) in [7, 11) is 1.65. The quantitative estimate of drug-likeness (QED) is 0.284. The van der Waals surface area contributed by atoms with Crippen molar-refractivity contribution in [3.8, 4) is 0 Å². The van der Waals surface area contributed by atoms with Crippen LogP contribution in [0, 0.1) is 0 Å². The third kappa shape index (κ3) is 4.10. The number of hydrogen-bond acceptors (Lipinski definition) is 3. The molecule has 1 heterocycles. The molecule has 1 aromatic rings. The van der Waals surface area contributed by atoms with Gasteiger partial charge in [0.25, 0.3) is 0 Å². The van der Waals surface area contributed by atoms with Crippen LogP contribution in [-0.4, -0.2) is 22.7 Å². The molecule has 0 radical (unpaired) electrons. The summed E-state index contributed by atoms with van der Waals surface area (Å²) in [6.07, 6.45) is 0. The lowest BCUT2D eigenvalue weighted by molar-refractivity contribution is -0.118. The first-order valence-corrected chi connectivity index (χ1v) is 9.62. The second-order valence-corrected chi connectivity index (χ2v) is 9.42. The van der Waals surface area contributed by atoms with Gasteiger partial charge < -0.3 is 4.74 Å². The minimum absolute atomic E-state index is 0.0699. The molecule has 0 bridgehead atoms. The van der Waals surface area contributed by atoms with E-state index in [0.29, 0.717) is 15.6 Å². The number of ether oxygens (including phenoxy) is 1. The van der Waals surface area contributed by atoms with Gasteiger partial charge in [0.1, 0.15) is 5.03 Å². The maximum absolute atomic E-state index is 12.6. The van der Waals surface area contributed by atoms with Crippen LogP contribution >= 0.6 is 82.8 Å². The molecule has 0 aromatic heterocycles. The van der Waals surface area contributed by atoms with E-state index in [1.165, 1.54) is 4.03 Å². The molecule has 0 N–H and O–H groups in total. The molecule has 0 amide bonds. The predicted octanol–water partition coefficient (Wildman–Crippen LogP) is 6.94. The van der Waals surface area contributed by atoms with Crippen molar-refractivity contribution in [2.45, 2.75) is 16.4 Å². The molecule has 0 aliphatic carbocycles. The average molecular weight is 580 g/mol. The van der Waals surface area contributed by atoms with E-state index in [1.54, 1.807) is 24.2 Å². The molecule has 0 spiro atoms. The van der Waals surface area contributed by atoms with E-state index in [9.17, 15) is 8.78 Å². The van der Waals surface area contributed by atoms with Crippen LogP contribution in [0.2, 0.25) is 10.0 Å². The molecule has 3 nitrogen and oxygen atoms in total. The number of halogens is 8. The van der Waals surface area contributed by atoms with Crippen LogP contribution < -0.4 is 0 Å². The summed E-state index contributed by atoms with van der Waals surface area (Å²) in [5.74, 6) is -0.198. The van der Waals surface area contributed by atoms with E-state index in [1.807, 2.05) is 0 Å². The van der Waals surface area contributed by atoms with Gasteiger partial charge in [-0.15, -0.1) is 0 Å². The highest BCUT2D eigenvalue weighted by Crippen LogP contribution is 2.47. The molecule has 1 aromatic carbocycles. The molecule has 128 valence electrons. The van der Waals surface area contributed by atoms with E-state index >= 15 is 0 Å². The van der Waals surface area contributed by atoms with E-state index < -0.39 is 12.7 Å². The summed E-state index contributed by atoms with van der Waals surface area (Å²) in [4.78, 5) is 0. The SMILES string of the molecule is CN1C(c2cc(C(Br)Br)c(Cl)cc2Cl)C(Cl)=C(OC(F)F)N1Br. The molecule has 0 saturated heterocycles. The zero-order valence-corrected chi connectivity index (χ0v) is 18.2. The minimum Gasteiger partial charge on any atom is -0.415 e. The van der Waals surface area contributed by atoms with Crippen LogP contribution in [0.15, 0.2) is 23.0 Å². The lowest BCUT2D eigenvalue weighted by atomic mass is 10.0. The lowest BCUT2D eigenvalue weighted by Gasteiger charge is -2.27. The second-order valence-electron chi connectivity index (χ2n) is 4.46. The minimum atomic E-state index is -3.00. The summed E-state index contributed by atoms with van der Waals surface area (Å²) in [6, 6.07) is 2.72. The third-order valence-electron chi connectivity index (χ3n) is 3.11. The number of nitrogens with zero attached hydrogens (tertiary/aromatic N) is 2. The van der Waals surface area contributed by atoms with Gasteiger partial charge in [0.15, 0.2) is 0 Å². The maximum atomic E-state index is 12.6. The smallest absolute Gasteiger partial charge is 0.388 e. The largest absolute Gasteiger partial charge is 0.415 e. The number of likely N-dealkylation sites (N-methyl/N-ethyl adjacent to an activating group) is 1. The van der Waals surface area contributed by atoms with Gasteiger partial charge in [-0.2, -0.15) is 13.8 Å². The summed E-state index contributed by atoms with van der Waals surface area (Å²) < 4.78 is 30.6. The number of hydrazine groups is 1. The number of rotatable bonds is 4. The highest BCUT2D eigenvalue weighted by atomic mass is 79.9. The normalized spacial score (nSPS) is 19.4. The second kappa shape index (κ2) is 7.93. The monoisotopic (exact) mass is 576 g/mol.